The molecular weight excluding hydrogens is 384 g/mol. The zero-order valence-electron chi connectivity index (χ0n) is 18.2. The topological polar surface area (TPSA) is 57.5 Å². The average Bonchev–Trinajstić information content (AvgIpc) is 3.47. The Morgan fingerprint density at radius 2 is 1.87 bits per heavy atom. The Kier molecular flexibility index (Phi) is 7.34. The van der Waals surface area contributed by atoms with Crippen molar-refractivity contribution in [1.82, 2.24) is 25.1 Å². The van der Waals surface area contributed by atoms with Crippen LogP contribution in [-0.2, 0) is 19.6 Å². The van der Waals surface area contributed by atoms with E-state index in [1.165, 1.54) is 29.5 Å². The molecule has 2 N–H and O–H groups in total. The van der Waals surface area contributed by atoms with E-state index in [4.69, 9.17) is 0 Å². The van der Waals surface area contributed by atoms with Crippen LogP contribution in [0.2, 0.25) is 0 Å². The molecule has 1 fully saturated rings. The Morgan fingerprint density at radius 1 is 1.03 bits per heavy atom. The molecule has 1 atom stereocenters. The molecule has 0 amide bonds. The van der Waals surface area contributed by atoms with Crippen LogP contribution in [0.25, 0.3) is 0 Å². The zero-order chi connectivity index (χ0) is 21.3. The lowest BCUT2D eigenvalue weighted by Crippen LogP contribution is -2.44. The molecule has 0 spiro atoms. The lowest BCUT2D eigenvalue weighted by atomic mass is 10.1. The molecule has 1 aromatic heterocycles. The van der Waals surface area contributed by atoms with Crippen LogP contribution in [0.5, 0.6) is 0 Å². The second kappa shape index (κ2) is 10.8. The minimum atomic E-state index is 0.539. The molecule has 1 saturated heterocycles. The first-order valence-corrected chi connectivity index (χ1v) is 11.1. The van der Waals surface area contributed by atoms with Gasteiger partial charge in [-0.2, -0.15) is 0 Å². The van der Waals surface area contributed by atoms with Gasteiger partial charge in [0.2, 0.25) is 0 Å². The van der Waals surface area contributed by atoms with Crippen molar-refractivity contribution >= 4 is 5.96 Å². The van der Waals surface area contributed by atoms with Crippen LogP contribution < -0.4 is 10.6 Å². The van der Waals surface area contributed by atoms with Gasteiger partial charge in [0.25, 0.3) is 0 Å². The summed E-state index contributed by atoms with van der Waals surface area (Å²) in [6, 6.07) is 19.9. The predicted octanol–water partition coefficient (Wildman–Crippen LogP) is 3.26. The van der Waals surface area contributed by atoms with Gasteiger partial charge in [-0.3, -0.25) is 9.89 Å². The number of likely N-dealkylation sites (tertiary alicyclic amines) is 1. The first-order chi connectivity index (χ1) is 15.3. The Balaban J connectivity index is 1.26. The molecule has 4 rings (SSSR count). The maximum absolute atomic E-state index is 4.42. The number of imidazole rings is 1. The first-order valence-electron chi connectivity index (χ1n) is 11.1. The Bertz CT molecular complexity index is 951. The number of hydrogen-bond acceptors (Lipinski definition) is 3. The van der Waals surface area contributed by atoms with Gasteiger partial charge in [-0.15, -0.1) is 0 Å². The van der Waals surface area contributed by atoms with E-state index in [0.717, 1.165) is 38.7 Å². The zero-order valence-corrected chi connectivity index (χ0v) is 18.2. The minimum absolute atomic E-state index is 0.539. The van der Waals surface area contributed by atoms with Crippen LogP contribution in [0, 0.1) is 0 Å². The smallest absolute Gasteiger partial charge is 0.191 e. The SMILES string of the molecule is CN=C(NCc1cccc(Cn2ccnc2)c1)NCC1CCCN1Cc1ccccc1. The van der Waals surface area contributed by atoms with Gasteiger partial charge >= 0.3 is 0 Å². The standard InChI is InChI=1S/C25H32N6/c1-26-25(28-16-22-9-5-10-23(15-22)18-30-14-12-27-20-30)29-17-24-11-6-13-31(24)19-21-7-3-2-4-8-21/h2-5,7-10,12,14-15,20,24H,6,11,13,16-19H2,1H3,(H2,26,28,29). The molecule has 0 saturated carbocycles. The minimum Gasteiger partial charge on any atom is -0.355 e. The number of rotatable bonds is 8. The fourth-order valence-electron chi connectivity index (χ4n) is 4.20. The van der Waals surface area contributed by atoms with Crippen molar-refractivity contribution in [2.75, 3.05) is 20.1 Å². The van der Waals surface area contributed by atoms with E-state index in [2.05, 4.69) is 84.7 Å². The van der Waals surface area contributed by atoms with Gasteiger partial charge in [0, 0.05) is 51.7 Å². The fraction of sp³-hybridized carbons (Fsp3) is 0.360. The van der Waals surface area contributed by atoms with Crippen molar-refractivity contribution in [3.8, 4) is 0 Å². The van der Waals surface area contributed by atoms with E-state index < -0.39 is 0 Å². The number of benzene rings is 2. The molecular formula is C25H32N6. The maximum Gasteiger partial charge on any atom is 0.191 e. The van der Waals surface area contributed by atoms with E-state index in [0.29, 0.717) is 6.04 Å². The highest BCUT2D eigenvalue weighted by Crippen LogP contribution is 2.19. The second-order valence-electron chi connectivity index (χ2n) is 8.11. The van der Waals surface area contributed by atoms with Crippen molar-refractivity contribution in [2.45, 2.75) is 38.5 Å². The summed E-state index contributed by atoms with van der Waals surface area (Å²) in [7, 11) is 1.83. The van der Waals surface area contributed by atoms with Crippen LogP contribution in [0.4, 0.5) is 0 Å². The predicted molar refractivity (Wildman–Crippen MR) is 126 cm³/mol. The van der Waals surface area contributed by atoms with Crippen molar-refractivity contribution in [1.29, 1.82) is 0 Å². The molecule has 0 bridgehead atoms. The van der Waals surface area contributed by atoms with Crippen LogP contribution in [0.3, 0.4) is 0 Å². The maximum atomic E-state index is 4.42. The summed E-state index contributed by atoms with van der Waals surface area (Å²) >= 11 is 0. The summed E-state index contributed by atoms with van der Waals surface area (Å²) in [5.74, 6) is 0.853. The number of aromatic nitrogens is 2. The molecule has 1 unspecified atom stereocenters. The third-order valence-electron chi connectivity index (χ3n) is 5.83. The lowest BCUT2D eigenvalue weighted by Gasteiger charge is -2.25. The summed E-state index contributed by atoms with van der Waals surface area (Å²) in [5, 5.41) is 6.99. The largest absolute Gasteiger partial charge is 0.355 e. The number of nitrogens with zero attached hydrogens (tertiary/aromatic N) is 4. The normalized spacial score (nSPS) is 17.1. The van der Waals surface area contributed by atoms with Crippen LogP contribution in [0.1, 0.15) is 29.5 Å². The second-order valence-corrected chi connectivity index (χ2v) is 8.11. The van der Waals surface area contributed by atoms with Gasteiger partial charge in [-0.1, -0.05) is 54.6 Å². The highest BCUT2D eigenvalue weighted by Gasteiger charge is 2.24. The number of aliphatic imine (C=N–C) groups is 1. The molecule has 0 radical (unpaired) electrons. The number of guanidine groups is 1. The molecule has 2 aromatic carbocycles. The fourth-order valence-corrected chi connectivity index (χ4v) is 4.20. The van der Waals surface area contributed by atoms with E-state index in [-0.39, 0.29) is 0 Å². The van der Waals surface area contributed by atoms with Crippen molar-refractivity contribution in [2.24, 2.45) is 4.99 Å². The quantitative estimate of drug-likeness (QED) is 0.437. The molecule has 1 aliphatic heterocycles. The molecule has 31 heavy (non-hydrogen) atoms. The Hall–Kier alpha value is -3.12. The van der Waals surface area contributed by atoms with Crippen molar-refractivity contribution in [3.63, 3.8) is 0 Å². The van der Waals surface area contributed by atoms with Gasteiger partial charge < -0.3 is 15.2 Å². The number of hydrogen-bond donors (Lipinski definition) is 2. The number of nitrogens with one attached hydrogen (secondary N) is 2. The molecule has 1 aliphatic rings. The average molecular weight is 417 g/mol. The highest BCUT2D eigenvalue weighted by atomic mass is 15.2. The van der Waals surface area contributed by atoms with E-state index >= 15 is 0 Å². The molecule has 6 heteroatoms. The van der Waals surface area contributed by atoms with Gasteiger partial charge in [0.05, 0.1) is 6.33 Å². The van der Waals surface area contributed by atoms with E-state index in [9.17, 15) is 0 Å². The monoisotopic (exact) mass is 416 g/mol. The molecule has 6 nitrogen and oxygen atoms in total. The third kappa shape index (κ3) is 6.18. The third-order valence-corrected chi connectivity index (χ3v) is 5.83. The van der Waals surface area contributed by atoms with Crippen LogP contribution in [-0.4, -0.2) is 46.6 Å². The summed E-state index contributed by atoms with van der Waals surface area (Å²) < 4.78 is 2.08. The van der Waals surface area contributed by atoms with Crippen LogP contribution in [0.15, 0.2) is 78.3 Å². The van der Waals surface area contributed by atoms with Gasteiger partial charge in [-0.05, 0) is 36.1 Å². The molecule has 0 aliphatic carbocycles. The summed E-state index contributed by atoms with van der Waals surface area (Å²) in [4.78, 5) is 11.1. The lowest BCUT2D eigenvalue weighted by molar-refractivity contribution is 0.245. The molecule has 2 heterocycles. The summed E-state index contributed by atoms with van der Waals surface area (Å²) in [6.07, 6.45) is 8.13. The van der Waals surface area contributed by atoms with E-state index in [1.807, 2.05) is 25.8 Å². The molecule has 162 valence electrons. The highest BCUT2D eigenvalue weighted by molar-refractivity contribution is 5.79. The van der Waals surface area contributed by atoms with Gasteiger partial charge in [0.1, 0.15) is 0 Å². The van der Waals surface area contributed by atoms with E-state index in [1.54, 1.807) is 0 Å². The van der Waals surface area contributed by atoms with Crippen molar-refractivity contribution < 1.29 is 0 Å². The summed E-state index contributed by atoms with van der Waals surface area (Å²) in [5.41, 5.74) is 3.89. The van der Waals surface area contributed by atoms with Gasteiger partial charge in [0.15, 0.2) is 5.96 Å². The Morgan fingerprint density at radius 3 is 2.68 bits per heavy atom. The summed E-state index contributed by atoms with van der Waals surface area (Å²) in [6.45, 7) is 4.67. The Labute approximate surface area is 185 Å². The van der Waals surface area contributed by atoms with Crippen LogP contribution >= 0.6 is 0 Å². The molecule has 3 aromatic rings. The van der Waals surface area contributed by atoms with Gasteiger partial charge in [-0.25, -0.2) is 4.98 Å². The first kappa shape index (κ1) is 21.1. The van der Waals surface area contributed by atoms with Crippen molar-refractivity contribution in [3.05, 3.63) is 90.0 Å².